The Bertz CT molecular complexity index is 1800. The fourth-order valence-corrected chi connectivity index (χ4v) is 4.42. The number of amides is 1. The smallest absolute Gasteiger partial charge is 0.224 e. The molecule has 10 nitrogen and oxygen atoms in total. The highest BCUT2D eigenvalue weighted by Gasteiger charge is 2.18. The molecule has 0 saturated heterocycles. The van der Waals surface area contributed by atoms with E-state index in [2.05, 4.69) is 35.5 Å². The van der Waals surface area contributed by atoms with Crippen molar-refractivity contribution in [3.8, 4) is 28.5 Å². The minimum absolute atomic E-state index is 0.0749. The fraction of sp³-hybridized carbons (Fsp3) is 0.185. The molecule has 0 aliphatic heterocycles. The molecule has 1 amide bonds. The number of hydrogen-bond acceptors (Lipinski definition) is 6. The predicted octanol–water partition coefficient (Wildman–Crippen LogP) is 5.33. The molecule has 1 aromatic carbocycles. The molecular weight excluding hydrogens is 485 g/mol. The lowest BCUT2D eigenvalue weighted by molar-refractivity contribution is -0.116. The first kappa shape index (κ1) is 23.5. The molecule has 0 saturated carbocycles. The van der Waals surface area contributed by atoms with Crippen molar-refractivity contribution in [3.63, 3.8) is 0 Å². The number of unbranched alkanes of at least 4 members (excludes halogenated alkanes) is 1. The third-order valence-corrected chi connectivity index (χ3v) is 6.30. The van der Waals surface area contributed by atoms with Crippen LogP contribution in [0, 0.1) is 12.7 Å². The summed E-state index contributed by atoms with van der Waals surface area (Å²) < 4.78 is 17.0. The largest absolute Gasteiger partial charge is 0.336 e. The summed E-state index contributed by atoms with van der Waals surface area (Å²) in [5.74, 6) is 0.573. The van der Waals surface area contributed by atoms with E-state index in [0.717, 1.165) is 24.1 Å². The second kappa shape index (κ2) is 9.51. The Kier molecular flexibility index (Phi) is 5.87. The average molecular weight is 510 g/mol. The maximum Gasteiger partial charge on any atom is 0.224 e. The van der Waals surface area contributed by atoms with E-state index in [9.17, 15) is 4.79 Å². The number of nitrogens with zero attached hydrogens (tertiary/aromatic N) is 6. The van der Waals surface area contributed by atoms with Gasteiger partial charge >= 0.3 is 0 Å². The summed E-state index contributed by atoms with van der Waals surface area (Å²) in [6.07, 6.45) is 10.6. The number of carbonyl (C=O) groups excluding carboxylic acids is 1. The van der Waals surface area contributed by atoms with Crippen LogP contribution in [0.15, 0.2) is 55.4 Å². The average Bonchev–Trinajstić information content (AvgIpc) is 3.65. The van der Waals surface area contributed by atoms with Gasteiger partial charge in [-0.1, -0.05) is 13.3 Å². The molecule has 0 unspecified atom stereocenters. The molecule has 11 heteroatoms. The summed E-state index contributed by atoms with van der Waals surface area (Å²) in [6, 6.07) is 6.86. The number of anilines is 1. The van der Waals surface area contributed by atoms with Gasteiger partial charge in [0.1, 0.15) is 23.1 Å². The van der Waals surface area contributed by atoms with Crippen molar-refractivity contribution in [2.24, 2.45) is 0 Å². The van der Waals surface area contributed by atoms with Gasteiger partial charge in [0.2, 0.25) is 5.91 Å². The van der Waals surface area contributed by atoms with Crippen molar-refractivity contribution in [1.29, 1.82) is 0 Å². The van der Waals surface area contributed by atoms with Gasteiger partial charge in [0.25, 0.3) is 0 Å². The molecule has 3 N–H and O–H groups in total. The molecule has 5 heterocycles. The number of rotatable bonds is 7. The number of nitrogens with one attached hydrogen (secondary N) is 3. The molecule has 0 radical (unpaired) electrons. The molecule has 5 aromatic heterocycles. The van der Waals surface area contributed by atoms with Gasteiger partial charge < -0.3 is 10.3 Å². The zero-order valence-electron chi connectivity index (χ0n) is 20.8. The van der Waals surface area contributed by atoms with Crippen LogP contribution in [0.2, 0.25) is 0 Å². The molecule has 0 atom stereocenters. The van der Waals surface area contributed by atoms with Crippen molar-refractivity contribution in [1.82, 2.24) is 39.7 Å². The minimum Gasteiger partial charge on any atom is -0.336 e. The Balaban J connectivity index is 1.40. The van der Waals surface area contributed by atoms with Gasteiger partial charge in [-0.2, -0.15) is 5.10 Å². The number of carbonyl (C=O) groups is 1. The van der Waals surface area contributed by atoms with Crippen LogP contribution in [0.1, 0.15) is 31.9 Å². The van der Waals surface area contributed by atoms with Crippen LogP contribution in [0.4, 0.5) is 10.1 Å². The van der Waals surface area contributed by atoms with E-state index in [-0.39, 0.29) is 11.4 Å². The monoisotopic (exact) mass is 509 g/mol. The van der Waals surface area contributed by atoms with Crippen molar-refractivity contribution in [2.45, 2.75) is 33.1 Å². The minimum atomic E-state index is -0.482. The van der Waals surface area contributed by atoms with Crippen molar-refractivity contribution < 1.29 is 9.18 Å². The van der Waals surface area contributed by atoms with E-state index in [1.165, 1.54) is 6.07 Å². The summed E-state index contributed by atoms with van der Waals surface area (Å²) in [5.41, 5.74) is 4.85. The third-order valence-electron chi connectivity index (χ3n) is 6.30. The number of aromatic nitrogens is 8. The van der Waals surface area contributed by atoms with Crippen LogP contribution in [-0.2, 0) is 4.79 Å². The molecule has 6 rings (SSSR count). The van der Waals surface area contributed by atoms with Gasteiger partial charge in [0.15, 0.2) is 17.5 Å². The summed E-state index contributed by atoms with van der Waals surface area (Å²) in [7, 11) is 0. The first-order valence-electron chi connectivity index (χ1n) is 12.3. The normalized spacial score (nSPS) is 11.4. The van der Waals surface area contributed by atoms with Gasteiger partial charge in [-0.05, 0) is 43.2 Å². The summed E-state index contributed by atoms with van der Waals surface area (Å²) >= 11 is 0. The first-order chi connectivity index (χ1) is 18.5. The van der Waals surface area contributed by atoms with E-state index in [1.807, 2.05) is 36.7 Å². The van der Waals surface area contributed by atoms with Crippen LogP contribution in [-0.4, -0.2) is 45.6 Å². The zero-order chi connectivity index (χ0) is 26.2. The van der Waals surface area contributed by atoms with Gasteiger partial charge in [-0.15, -0.1) is 0 Å². The number of aryl methyl sites for hydroxylation is 1. The Labute approximate surface area is 216 Å². The highest BCUT2D eigenvalue weighted by atomic mass is 19.1. The molecular formula is C27H24FN9O. The van der Waals surface area contributed by atoms with Gasteiger partial charge in [-0.3, -0.25) is 19.4 Å². The van der Waals surface area contributed by atoms with Crippen LogP contribution in [0.3, 0.4) is 0 Å². The predicted molar refractivity (Wildman–Crippen MR) is 142 cm³/mol. The van der Waals surface area contributed by atoms with Crippen LogP contribution < -0.4 is 5.32 Å². The number of pyridine rings is 2. The lowest BCUT2D eigenvalue weighted by atomic mass is 10.0. The van der Waals surface area contributed by atoms with Gasteiger partial charge in [0, 0.05) is 36.0 Å². The molecule has 6 aromatic rings. The Morgan fingerprint density at radius 2 is 2.03 bits per heavy atom. The van der Waals surface area contributed by atoms with Crippen LogP contribution in [0.25, 0.3) is 50.4 Å². The van der Waals surface area contributed by atoms with Crippen molar-refractivity contribution in [3.05, 3.63) is 66.9 Å². The molecule has 190 valence electrons. The molecule has 0 aliphatic rings. The van der Waals surface area contributed by atoms with Gasteiger partial charge in [-0.25, -0.2) is 19.3 Å². The second-order valence-electron chi connectivity index (χ2n) is 9.11. The van der Waals surface area contributed by atoms with E-state index >= 15 is 4.39 Å². The molecule has 38 heavy (non-hydrogen) atoms. The van der Waals surface area contributed by atoms with Crippen molar-refractivity contribution >= 4 is 33.5 Å². The van der Waals surface area contributed by atoms with Crippen LogP contribution in [0.5, 0.6) is 0 Å². The fourth-order valence-electron chi connectivity index (χ4n) is 4.42. The maximum absolute atomic E-state index is 15.2. The Morgan fingerprint density at radius 3 is 2.84 bits per heavy atom. The standard InChI is InChI=1S/C27H24FN9O/c1-3-4-5-22(38)32-18-8-17(11-29-12-18)16-9-19-23(20(28)10-16)35-36-24(19)26-33-21-6-7-30-27(25(21)34-26)37-13-15(2)31-14-37/h6-14H,3-5H2,1-2H3,(H,32,38)(H,33,34)(H,35,36). The summed E-state index contributed by atoms with van der Waals surface area (Å²) in [6.45, 7) is 3.94. The number of benzene rings is 1. The molecule has 0 bridgehead atoms. The zero-order valence-corrected chi connectivity index (χ0v) is 20.8. The third kappa shape index (κ3) is 4.27. The SMILES string of the molecule is CCCCC(=O)Nc1cncc(-c2cc(F)c3n[nH]c(-c4nc5c(-n6cnc(C)c6)nccc5[nH]4)c3c2)c1. The Morgan fingerprint density at radius 1 is 1.13 bits per heavy atom. The highest BCUT2D eigenvalue weighted by Crippen LogP contribution is 2.33. The lowest BCUT2D eigenvalue weighted by Gasteiger charge is -2.08. The summed E-state index contributed by atoms with van der Waals surface area (Å²) in [5, 5.41) is 10.6. The Hall–Kier alpha value is -4.93. The lowest BCUT2D eigenvalue weighted by Crippen LogP contribution is -2.11. The van der Waals surface area contributed by atoms with Crippen molar-refractivity contribution in [2.75, 3.05) is 5.32 Å². The van der Waals surface area contributed by atoms with E-state index in [4.69, 9.17) is 4.98 Å². The van der Waals surface area contributed by atoms with E-state index < -0.39 is 5.82 Å². The molecule has 0 spiro atoms. The topological polar surface area (TPSA) is 130 Å². The summed E-state index contributed by atoms with van der Waals surface area (Å²) in [4.78, 5) is 33.2. The van der Waals surface area contributed by atoms with Crippen LogP contribution >= 0.6 is 0 Å². The highest BCUT2D eigenvalue weighted by molar-refractivity contribution is 5.97. The molecule has 0 aliphatic carbocycles. The second-order valence-corrected chi connectivity index (χ2v) is 9.11. The number of fused-ring (bicyclic) bond motifs is 2. The molecule has 0 fully saturated rings. The van der Waals surface area contributed by atoms with E-state index in [0.29, 0.717) is 51.5 Å². The van der Waals surface area contributed by atoms with E-state index in [1.54, 1.807) is 31.0 Å². The van der Waals surface area contributed by atoms with Gasteiger partial charge in [0.05, 0.1) is 23.1 Å². The first-order valence-corrected chi connectivity index (χ1v) is 12.3. The number of H-pyrrole nitrogens is 2. The number of hydrogen-bond donors (Lipinski definition) is 3. The number of aromatic amines is 2. The number of imidazole rings is 2. The maximum atomic E-state index is 15.2. The number of halogens is 1. The quantitative estimate of drug-likeness (QED) is 0.267.